The molecule has 1 heterocycles. The van der Waals surface area contributed by atoms with Crippen molar-refractivity contribution in [1.29, 1.82) is 5.26 Å². The summed E-state index contributed by atoms with van der Waals surface area (Å²) < 4.78 is 0.988. The molecule has 5 rings (SSSR count). The number of aromatic nitrogens is 2. The summed E-state index contributed by atoms with van der Waals surface area (Å²) >= 11 is 3.49. The van der Waals surface area contributed by atoms with Crippen molar-refractivity contribution in [2.45, 2.75) is 0 Å². The van der Waals surface area contributed by atoms with E-state index in [0.29, 0.717) is 22.8 Å². The normalized spacial score (nSPS) is 10.7. The average molecular weight is 462 g/mol. The highest BCUT2D eigenvalue weighted by Gasteiger charge is 2.19. The molecule has 0 atom stereocenters. The predicted octanol–water partition coefficient (Wildman–Crippen LogP) is 7.26. The number of rotatable bonds is 3. The molecule has 3 nitrogen and oxygen atoms in total. The van der Waals surface area contributed by atoms with Gasteiger partial charge in [-0.25, -0.2) is 9.97 Å². The molecule has 0 saturated carbocycles. The zero-order chi connectivity index (χ0) is 21.2. The molecule has 1 aromatic heterocycles. The van der Waals surface area contributed by atoms with Gasteiger partial charge in [0.1, 0.15) is 11.6 Å². The molecule has 4 heteroatoms. The largest absolute Gasteiger partial charge is 0.227 e. The van der Waals surface area contributed by atoms with Crippen LogP contribution in [0, 0.1) is 11.3 Å². The number of hydrogen-bond acceptors (Lipinski definition) is 3. The first-order valence-corrected chi connectivity index (χ1v) is 10.7. The molecule has 0 aliphatic rings. The van der Waals surface area contributed by atoms with Gasteiger partial charge in [-0.1, -0.05) is 101 Å². The molecule has 0 saturated heterocycles. The number of hydrogen-bond donors (Lipinski definition) is 0. The zero-order valence-corrected chi connectivity index (χ0v) is 18.0. The lowest BCUT2D eigenvalue weighted by Crippen LogP contribution is -2.01. The van der Waals surface area contributed by atoms with Crippen molar-refractivity contribution >= 4 is 26.7 Å². The Balaban J connectivity index is 1.86. The van der Waals surface area contributed by atoms with Crippen molar-refractivity contribution in [2.24, 2.45) is 0 Å². The second-order valence-corrected chi connectivity index (χ2v) is 8.05. The smallest absolute Gasteiger partial charge is 0.160 e. The van der Waals surface area contributed by atoms with Crippen LogP contribution in [0.5, 0.6) is 0 Å². The van der Waals surface area contributed by atoms with Gasteiger partial charge in [-0.05, 0) is 22.9 Å². The fourth-order valence-electron chi connectivity index (χ4n) is 3.73. The maximum atomic E-state index is 10.2. The molecule has 0 amide bonds. The summed E-state index contributed by atoms with van der Waals surface area (Å²) in [6, 6.07) is 34.3. The Kier molecular flexibility index (Phi) is 5.03. The second-order valence-electron chi connectivity index (χ2n) is 7.13. The van der Waals surface area contributed by atoms with E-state index in [-0.39, 0.29) is 0 Å². The van der Waals surface area contributed by atoms with Crippen LogP contribution in [0.25, 0.3) is 44.7 Å². The predicted molar refractivity (Wildman–Crippen MR) is 128 cm³/mol. The van der Waals surface area contributed by atoms with Gasteiger partial charge in [-0.15, -0.1) is 0 Å². The highest BCUT2D eigenvalue weighted by atomic mass is 79.9. The van der Waals surface area contributed by atoms with Gasteiger partial charge in [0.15, 0.2) is 5.82 Å². The van der Waals surface area contributed by atoms with Crippen LogP contribution < -0.4 is 0 Å². The molecule has 0 radical (unpaired) electrons. The fourth-order valence-corrected chi connectivity index (χ4v) is 3.99. The summed E-state index contributed by atoms with van der Waals surface area (Å²) in [5.74, 6) is 0.591. The first-order chi connectivity index (χ1) is 15.2. The molecular formula is C27H16BrN3. The van der Waals surface area contributed by atoms with E-state index in [2.05, 4.69) is 40.2 Å². The third kappa shape index (κ3) is 3.61. The number of fused-ring (bicyclic) bond motifs is 1. The van der Waals surface area contributed by atoms with Gasteiger partial charge in [-0.3, -0.25) is 0 Å². The summed E-state index contributed by atoms with van der Waals surface area (Å²) in [4.78, 5) is 9.73. The topological polar surface area (TPSA) is 49.6 Å². The number of nitrogens with zero attached hydrogens (tertiary/aromatic N) is 3. The highest BCUT2D eigenvalue weighted by Crippen LogP contribution is 2.35. The van der Waals surface area contributed by atoms with Gasteiger partial charge in [0.05, 0.1) is 11.4 Å². The van der Waals surface area contributed by atoms with Gasteiger partial charge in [0.25, 0.3) is 0 Å². The standard InChI is InChI=1S/C27H16BrN3/c28-21-15-13-20(14-16-21)27-30-25(19-8-2-1-3-9-19)24(17-29)26(31-27)23-12-6-10-18-7-4-5-11-22(18)23/h1-16H. The highest BCUT2D eigenvalue weighted by molar-refractivity contribution is 9.10. The maximum absolute atomic E-state index is 10.2. The lowest BCUT2D eigenvalue weighted by molar-refractivity contribution is 1.17. The molecule has 0 fully saturated rings. The average Bonchev–Trinajstić information content (AvgIpc) is 2.84. The van der Waals surface area contributed by atoms with Crippen LogP contribution in [0.1, 0.15) is 5.56 Å². The van der Waals surface area contributed by atoms with Crippen molar-refractivity contribution in [2.75, 3.05) is 0 Å². The summed E-state index contributed by atoms with van der Waals surface area (Å²) in [5, 5.41) is 12.3. The van der Waals surface area contributed by atoms with Gasteiger partial charge in [0, 0.05) is 21.2 Å². The molecule has 0 aliphatic carbocycles. The third-order valence-electron chi connectivity index (χ3n) is 5.22. The van der Waals surface area contributed by atoms with E-state index in [4.69, 9.17) is 9.97 Å². The molecule has 0 N–H and O–H groups in total. The van der Waals surface area contributed by atoms with Crippen molar-refractivity contribution < 1.29 is 0 Å². The van der Waals surface area contributed by atoms with Gasteiger partial charge >= 0.3 is 0 Å². The van der Waals surface area contributed by atoms with Crippen LogP contribution in [0.4, 0.5) is 0 Å². The van der Waals surface area contributed by atoms with E-state index in [1.807, 2.05) is 78.9 Å². The zero-order valence-electron chi connectivity index (χ0n) is 16.5. The third-order valence-corrected chi connectivity index (χ3v) is 5.74. The SMILES string of the molecule is N#Cc1c(-c2ccccc2)nc(-c2ccc(Br)cc2)nc1-c1cccc2ccccc12. The van der Waals surface area contributed by atoms with E-state index < -0.39 is 0 Å². The Bertz CT molecular complexity index is 1430. The molecular weight excluding hydrogens is 446 g/mol. The van der Waals surface area contributed by atoms with Crippen molar-refractivity contribution in [1.82, 2.24) is 9.97 Å². The van der Waals surface area contributed by atoms with E-state index in [9.17, 15) is 5.26 Å². The van der Waals surface area contributed by atoms with Crippen LogP contribution in [0.3, 0.4) is 0 Å². The summed E-state index contributed by atoms with van der Waals surface area (Å²) in [6.45, 7) is 0. The Morgan fingerprint density at radius 2 is 1.32 bits per heavy atom. The fraction of sp³-hybridized carbons (Fsp3) is 0. The van der Waals surface area contributed by atoms with Gasteiger partial charge in [0.2, 0.25) is 0 Å². The van der Waals surface area contributed by atoms with Crippen molar-refractivity contribution in [3.8, 4) is 40.0 Å². The first kappa shape index (κ1) is 19.2. The Hall–Kier alpha value is -3.81. The lowest BCUT2D eigenvalue weighted by atomic mass is 9.96. The molecule has 4 aromatic carbocycles. The molecule has 0 spiro atoms. The van der Waals surface area contributed by atoms with Crippen LogP contribution in [0.15, 0.2) is 102 Å². The minimum Gasteiger partial charge on any atom is -0.227 e. The van der Waals surface area contributed by atoms with Gasteiger partial charge < -0.3 is 0 Å². The van der Waals surface area contributed by atoms with E-state index >= 15 is 0 Å². The Morgan fingerprint density at radius 1 is 0.645 bits per heavy atom. The van der Waals surface area contributed by atoms with Crippen molar-refractivity contribution in [3.05, 3.63) is 107 Å². The number of nitriles is 1. The minimum atomic E-state index is 0.475. The molecule has 0 bridgehead atoms. The molecule has 0 unspecified atom stereocenters. The first-order valence-electron chi connectivity index (χ1n) is 9.86. The maximum Gasteiger partial charge on any atom is 0.160 e. The quantitative estimate of drug-likeness (QED) is 0.283. The van der Waals surface area contributed by atoms with Gasteiger partial charge in [-0.2, -0.15) is 5.26 Å². The molecule has 146 valence electrons. The Morgan fingerprint density at radius 3 is 2.10 bits per heavy atom. The number of benzene rings is 4. The molecule has 0 aliphatic heterocycles. The second kappa shape index (κ2) is 8.14. The molecule has 5 aromatic rings. The summed E-state index contributed by atoms with van der Waals surface area (Å²) in [6.07, 6.45) is 0. The van der Waals surface area contributed by atoms with Crippen LogP contribution >= 0.6 is 15.9 Å². The summed E-state index contributed by atoms with van der Waals surface area (Å²) in [7, 11) is 0. The van der Waals surface area contributed by atoms with E-state index in [0.717, 1.165) is 31.9 Å². The monoisotopic (exact) mass is 461 g/mol. The van der Waals surface area contributed by atoms with Crippen LogP contribution in [-0.4, -0.2) is 9.97 Å². The molecule has 31 heavy (non-hydrogen) atoms. The summed E-state index contributed by atoms with van der Waals surface area (Å²) in [5.41, 5.74) is 4.47. The number of halogens is 1. The Labute approximate surface area is 188 Å². The van der Waals surface area contributed by atoms with E-state index in [1.54, 1.807) is 0 Å². The van der Waals surface area contributed by atoms with Crippen LogP contribution in [-0.2, 0) is 0 Å². The minimum absolute atomic E-state index is 0.475. The van der Waals surface area contributed by atoms with Crippen LogP contribution in [0.2, 0.25) is 0 Å². The lowest BCUT2D eigenvalue weighted by Gasteiger charge is -2.13. The van der Waals surface area contributed by atoms with Crippen molar-refractivity contribution in [3.63, 3.8) is 0 Å². The van der Waals surface area contributed by atoms with E-state index in [1.165, 1.54) is 0 Å².